The molecule has 0 spiro atoms. The highest BCUT2D eigenvalue weighted by atomic mass is 16.3. The maximum atomic E-state index is 8.94. The van der Waals surface area contributed by atoms with Crippen LogP contribution in [0.1, 0.15) is 18.1 Å². The maximum Gasteiger partial charge on any atom is 0.0606 e. The molecule has 3 nitrogen and oxygen atoms in total. The van der Waals surface area contributed by atoms with Crippen molar-refractivity contribution in [3.8, 4) is 0 Å². The van der Waals surface area contributed by atoms with E-state index in [4.69, 9.17) is 10.8 Å². The number of nitrogens with zero attached hydrogens (tertiary/aromatic N) is 1. The molecule has 0 fully saturated rings. The average molecular weight is 208 g/mol. The number of rotatable bonds is 5. The molecule has 0 unspecified atom stereocenters. The zero-order valence-electron chi connectivity index (χ0n) is 9.53. The predicted molar refractivity (Wildman–Crippen MR) is 64.0 cm³/mol. The summed E-state index contributed by atoms with van der Waals surface area (Å²) in [5.74, 6) is 0. The van der Waals surface area contributed by atoms with E-state index in [9.17, 15) is 0 Å². The van der Waals surface area contributed by atoms with E-state index in [-0.39, 0.29) is 6.61 Å². The van der Waals surface area contributed by atoms with Crippen LogP contribution in [0.4, 0.5) is 5.69 Å². The second-order valence-electron chi connectivity index (χ2n) is 3.62. The molecular weight excluding hydrogens is 188 g/mol. The van der Waals surface area contributed by atoms with Crippen LogP contribution in [0.25, 0.3) is 0 Å². The Bertz CT molecular complexity index is 312. The van der Waals surface area contributed by atoms with E-state index in [0.717, 1.165) is 12.2 Å². The first kappa shape index (κ1) is 12.0. The molecule has 0 radical (unpaired) electrons. The van der Waals surface area contributed by atoms with Crippen LogP contribution in [-0.4, -0.2) is 24.8 Å². The lowest BCUT2D eigenvalue weighted by Crippen LogP contribution is -2.26. The Morgan fingerprint density at radius 2 is 2.13 bits per heavy atom. The highest BCUT2D eigenvalue weighted by Gasteiger charge is 2.04. The largest absolute Gasteiger partial charge is 0.395 e. The van der Waals surface area contributed by atoms with Gasteiger partial charge in [0.25, 0.3) is 0 Å². The molecule has 0 saturated carbocycles. The van der Waals surface area contributed by atoms with Crippen molar-refractivity contribution in [1.82, 2.24) is 0 Å². The molecule has 3 heteroatoms. The van der Waals surface area contributed by atoms with Crippen molar-refractivity contribution in [2.45, 2.75) is 20.4 Å². The number of likely N-dealkylation sites (N-methyl/N-ethyl adjacent to an activating group) is 1. The molecule has 0 saturated heterocycles. The smallest absolute Gasteiger partial charge is 0.0606 e. The monoisotopic (exact) mass is 208 g/mol. The highest BCUT2D eigenvalue weighted by molar-refractivity contribution is 5.50. The van der Waals surface area contributed by atoms with Crippen molar-refractivity contribution in [3.63, 3.8) is 0 Å². The lowest BCUT2D eigenvalue weighted by molar-refractivity contribution is 0.302. The van der Waals surface area contributed by atoms with Crippen LogP contribution in [0.15, 0.2) is 18.2 Å². The number of aliphatic hydroxyl groups excluding tert-OH is 1. The number of hydrogen-bond donors (Lipinski definition) is 2. The standard InChI is InChI=1S/C12H20N2O/c1-3-14(6-7-15)12-5-4-11(9-13)10(2)8-12/h4-5,8,15H,3,6-7,9,13H2,1-2H3. The Labute approximate surface area is 91.5 Å². The van der Waals surface area contributed by atoms with E-state index in [1.165, 1.54) is 11.1 Å². The first-order chi connectivity index (χ1) is 7.22. The summed E-state index contributed by atoms with van der Waals surface area (Å²) in [6.07, 6.45) is 0. The van der Waals surface area contributed by atoms with Crippen LogP contribution < -0.4 is 10.6 Å². The van der Waals surface area contributed by atoms with Crippen LogP contribution in [-0.2, 0) is 6.54 Å². The Morgan fingerprint density at radius 3 is 2.60 bits per heavy atom. The number of anilines is 1. The van der Waals surface area contributed by atoms with E-state index >= 15 is 0 Å². The fraction of sp³-hybridized carbons (Fsp3) is 0.500. The van der Waals surface area contributed by atoms with Crippen molar-refractivity contribution in [3.05, 3.63) is 29.3 Å². The van der Waals surface area contributed by atoms with Crippen molar-refractivity contribution in [2.75, 3.05) is 24.6 Å². The Hall–Kier alpha value is -1.06. The zero-order chi connectivity index (χ0) is 11.3. The van der Waals surface area contributed by atoms with Gasteiger partial charge < -0.3 is 15.7 Å². The molecule has 0 amide bonds. The van der Waals surface area contributed by atoms with Crippen molar-refractivity contribution in [2.24, 2.45) is 5.73 Å². The van der Waals surface area contributed by atoms with E-state index in [1.54, 1.807) is 0 Å². The predicted octanol–water partition coefficient (Wildman–Crippen LogP) is 1.27. The van der Waals surface area contributed by atoms with E-state index < -0.39 is 0 Å². The van der Waals surface area contributed by atoms with Gasteiger partial charge in [-0.05, 0) is 37.1 Å². The molecule has 0 aliphatic heterocycles. The summed E-state index contributed by atoms with van der Waals surface area (Å²) in [4.78, 5) is 2.15. The van der Waals surface area contributed by atoms with Gasteiger partial charge in [-0.2, -0.15) is 0 Å². The van der Waals surface area contributed by atoms with Gasteiger partial charge in [-0.3, -0.25) is 0 Å². The van der Waals surface area contributed by atoms with Gasteiger partial charge >= 0.3 is 0 Å². The Morgan fingerprint density at radius 1 is 1.40 bits per heavy atom. The quantitative estimate of drug-likeness (QED) is 0.766. The van der Waals surface area contributed by atoms with Crippen LogP contribution in [0.2, 0.25) is 0 Å². The second kappa shape index (κ2) is 5.73. The third-order valence-corrected chi connectivity index (χ3v) is 2.66. The summed E-state index contributed by atoms with van der Waals surface area (Å²) in [5, 5.41) is 8.94. The van der Waals surface area contributed by atoms with E-state index in [2.05, 4.69) is 36.9 Å². The van der Waals surface area contributed by atoms with Gasteiger partial charge in [-0.25, -0.2) is 0 Å². The van der Waals surface area contributed by atoms with Crippen molar-refractivity contribution >= 4 is 5.69 Å². The maximum absolute atomic E-state index is 8.94. The number of benzene rings is 1. The summed E-state index contributed by atoms with van der Waals surface area (Å²) in [7, 11) is 0. The molecule has 0 heterocycles. The summed E-state index contributed by atoms with van der Waals surface area (Å²) >= 11 is 0. The van der Waals surface area contributed by atoms with Crippen LogP contribution in [0.3, 0.4) is 0 Å². The van der Waals surface area contributed by atoms with Gasteiger partial charge in [-0.1, -0.05) is 6.07 Å². The number of nitrogens with two attached hydrogens (primary N) is 1. The van der Waals surface area contributed by atoms with Gasteiger partial charge in [0, 0.05) is 25.3 Å². The van der Waals surface area contributed by atoms with Gasteiger partial charge in [-0.15, -0.1) is 0 Å². The summed E-state index contributed by atoms with van der Waals surface area (Å²) < 4.78 is 0. The minimum Gasteiger partial charge on any atom is -0.395 e. The summed E-state index contributed by atoms with van der Waals surface area (Å²) in [6.45, 7) is 6.50. The minimum absolute atomic E-state index is 0.186. The number of aryl methyl sites for hydroxylation is 1. The zero-order valence-corrected chi connectivity index (χ0v) is 9.53. The fourth-order valence-electron chi connectivity index (χ4n) is 1.70. The van der Waals surface area contributed by atoms with Gasteiger partial charge in [0.2, 0.25) is 0 Å². The van der Waals surface area contributed by atoms with Gasteiger partial charge in [0.05, 0.1) is 6.61 Å². The first-order valence-electron chi connectivity index (χ1n) is 5.38. The molecule has 1 aromatic rings. The van der Waals surface area contributed by atoms with Crippen LogP contribution in [0, 0.1) is 6.92 Å². The average Bonchev–Trinajstić information content (AvgIpc) is 2.25. The number of hydrogen-bond acceptors (Lipinski definition) is 3. The first-order valence-corrected chi connectivity index (χ1v) is 5.38. The number of aliphatic hydroxyl groups is 1. The molecule has 0 aromatic heterocycles. The highest BCUT2D eigenvalue weighted by Crippen LogP contribution is 2.18. The Balaban J connectivity index is 2.89. The molecule has 3 N–H and O–H groups in total. The van der Waals surface area contributed by atoms with Crippen LogP contribution >= 0.6 is 0 Å². The molecule has 15 heavy (non-hydrogen) atoms. The summed E-state index contributed by atoms with van der Waals surface area (Å²) in [5.41, 5.74) is 9.16. The molecular formula is C12H20N2O. The summed E-state index contributed by atoms with van der Waals surface area (Å²) in [6, 6.07) is 6.25. The fourth-order valence-corrected chi connectivity index (χ4v) is 1.70. The lowest BCUT2D eigenvalue weighted by atomic mass is 10.1. The van der Waals surface area contributed by atoms with E-state index in [1.807, 2.05) is 0 Å². The van der Waals surface area contributed by atoms with Gasteiger partial charge in [0.15, 0.2) is 0 Å². The second-order valence-corrected chi connectivity index (χ2v) is 3.62. The minimum atomic E-state index is 0.186. The molecule has 0 aliphatic carbocycles. The van der Waals surface area contributed by atoms with Crippen molar-refractivity contribution in [1.29, 1.82) is 0 Å². The topological polar surface area (TPSA) is 49.5 Å². The molecule has 0 bridgehead atoms. The SMILES string of the molecule is CCN(CCO)c1ccc(CN)c(C)c1. The normalized spacial score (nSPS) is 10.4. The van der Waals surface area contributed by atoms with Crippen LogP contribution in [0.5, 0.6) is 0 Å². The third-order valence-electron chi connectivity index (χ3n) is 2.66. The van der Waals surface area contributed by atoms with Gasteiger partial charge in [0.1, 0.15) is 0 Å². The molecule has 0 aliphatic rings. The molecule has 1 aromatic carbocycles. The lowest BCUT2D eigenvalue weighted by Gasteiger charge is -2.23. The molecule has 84 valence electrons. The Kier molecular flexibility index (Phi) is 4.59. The third kappa shape index (κ3) is 2.94. The molecule has 1 rings (SSSR count). The molecule has 0 atom stereocenters. The van der Waals surface area contributed by atoms with Crippen molar-refractivity contribution < 1.29 is 5.11 Å². The van der Waals surface area contributed by atoms with E-state index in [0.29, 0.717) is 13.1 Å².